The molecule has 6 aromatic rings. The second-order valence-electron chi connectivity index (χ2n) is 20.6. The summed E-state index contributed by atoms with van der Waals surface area (Å²) in [6.07, 6.45) is 0. The van der Waals surface area contributed by atoms with Gasteiger partial charge >= 0.3 is 0 Å². The highest BCUT2D eigenvalue weighted by Crippen LogP contribution is 2.58. The van der Waals surface area contributed by atoms with Gasteiger partial charge in [0.15, 0.2) is 93.1 Å². The molecular formula is C53H31F20N7. The lowest BCUT2D eigenvalue weighted by atomic mass is 9.82. The van der Waals surface area contributed by atoms with E-state index in [1.807, 2.05) is 0 Å². The Kier molecular flexibility index (Phi) is 12.3. The molecule has 27 heteroatoms. The van der Waals surface area contributed by atoms with Gasteiger partial charge in [0.05, 0.1) is 45.0 Å². The van der Waals surface area contributed by atoms with E-state index in [0.717, 1.165) is 12.1 Å². The molecule has 0 unspecified atom stereocenters. The van der Waals surface area contributed by atoms with Crippen molar-refractivity contribution in [3.63, 3.8) is 0 Å². The van der Waals surface area contributed by atoms with Crippen molar-refractivity contribution >= 4 is 11.0 Å². The number of nitrogens with one attached hydrogen (secondary N) is 2. The lowest BCUT2D eigenvalue weighted by Gasteiger charge is -2.19. The molecule has 6 aliphatic rings. The van der Waals surface area contributed by atoms with Gasteiger partial charge in [0, 0.05) is 119 Å². The number of hydrogen-bond donors (Lipinski definition) is 2. The standard InChI is InChI=1S/C53H31F20N7/c1-78-6-12-14(8-78)50-26(24-32(58)40(66)46(72)41(67)33(24)59)52-16-10-80(3)11-17(16)53(77-52)27(25-34(60)42(68)47(73)43(69)35(25)61)51-15-9-79(2)7-13(15)49(76-51)21(23-30(56)38(64)45(71)39(65)31(23)57)19-5-4-18(74-19)20(48(12)75-50)22-28(54)36(62)44(70)37(63)29(22)55/h4-5,12-17,74,77H,6-11H2,1-3H3/t12-,13+,14+,15-,16+,17-. The summed E-state index contributed by atoms with van der Waals surface area (Å²) in [4.78, 5) is 18.7. The molecule has 0 spiro atoms. The van der Waals surface area contributed by atoms with Crippen LogP contribution < -0.4 is 0 Å². The third-order valence-electron chi connectivity index (χ3n) is 16.0. The number of H-pyrrole nitrogens is 2. The molecule has 6 aliphatic heterocycles. The first-order valence-electron chi connectivity index (χ1n) is 24.0. The zero-order valence-corrected chi connectivity index (χ0v) is 40.7. The number of benzene rings is 4. The highest BCUT2D eigenvalue weighted by atomic mass is 19.2. The monoisotopic (exact) mass is 1150 g/mol. The van der Waals surface area contributed by atoms with Crippen LogP contribution in [0.1, 0.15) is 69.7 Å². The molecule has 4 aromatic carbocycles. The Morgan fingerprint density at radius 1 is 0.275 bits per heavy atom. The van der Waals surface area contributed by atoms with Crippen LogP contribution in [0.4, 0.5) is 87.8 Å². The van der Waals surface area contributed by atoms with Crippen molar-refractivity contribution in [2.75, 3.05) is 60.4 Å². The highest BCUT2D eigenvalue weighted by molar-refractivity contribution is 5.91. The van der Waals surface area contributed by atoms with Crippen LogP contribution in [0, 0.1) is 116 Å². The van der Waals surface area contributed by atoms with Crippen LogP contribution in [0.15, 0.2) is 12.1 Å². The molecule has 418 valence electrons. The molecule has 6 atom stereocenters. The van der Waals surface area contributed by atoms with Crippen LogP contribution in [-0.2, 0) is 0 Å². The largest absolute Gasteiger partial charge is 0.361 e. The smallest absolute Gasteiger partial charge is 0.200 e. The van der Waals surface area contributed by atoms with Gasteiger partial charge in [-0.2, -0.15) is 0 Å². The Morgan fingerprint density at radius 2 is 0.475 bits per heavy atom. The zero-order chi connectivity index (χ0) is 57.5. The van der Waals surface area contributed by atoms with E-state index in [9.17, 15) is 8.78 Å². The fourth-order valence-electron chi connectivity index (χ4n) is 12.7. The fraction of sp³-hybridized carbons (Fsp3) is 0.283. The number of hydrogen-bond acceptors (Lipinski definition) is 5. The van der Waals surface area contributed by atoms with E-state index in [1.54, 1.807) is 0 Å². The molecule has 0 amide bonds. The van der Waals surface area contributed by atoms with Crippen molar-refractivity contribution in [2.24, 2.45) is 0 Å². The average Bonchev–Trinajstić information content (AvgIpc) is 4.51. The molecule has 2 N–H and O–H groups in total. The summed E-state index contributed by atoms with van der Waals surface area (Å²) in [6, 6.07) is 1.54. The molecule has 0 saturated carbocycles. The number of fused-ring (bicyclic) bond motifs is 17. The van der Waals surface area contributed by atoms with Crippen LogP contribution in [0.25, 0.3) is 55.5 Å². The van der Waals surface area contributed by atoms with Gasteiger partial charge < -0.3 is 24.7 Å². The Labute approximate surface area is 435 Å². The van der Waals surface area contributed by atoms with E-state index < -0.39 is 242 Å². The van der Waals surface area contributed by atoms with Crippen LogP contribution in [0.2, 0.25) is 0 Å². The number of likely N-dealkylation sites (tertiary alicyclic amines) is 3. The molecule has 12 rings (SSSR count). The summed E-state index contributed by atoms with van der Waals surface area (Å²) in [5.41, 5.74) is -17.1. The van der Waals surface area contributed by atoms with E-state index in [-0.39, 0.29) is 39.3 Å². The van der Waals surface area contributed by atoms with Gasteiger partial charge in [-0.15, -0.1) is 0 Å². The molecule has 2 aromatic heterocycles. The van der Waals surface area contributed by atoms with E-state index >= 15 is 79.0 Å². The Balaban J connectivity index is 1.42. The molecular weight excluding hydrogens is 1110 g/mol. The van der Waals surface area contributed by atoms with Crippen LogP contribution in [0.5, 0.6) is 0 Å². The third-order valence-corrected chi connectivity index (χ3v) is 16.0. The number of likely N-dealkylation sites (N-methyl/N-ethyl adjacent to an activating group) is 3. The summed E-state index contributed by atoms with van der Waals surface area (Å²) in [6.45, 7) is -2.08. The minimum Gasteiger partial charge on any atom is -0.361 e. The van der Waals surface area contributed by atoms with Crippen LogP contribution in [-0.4, -0.2) is 95.0 Å². The predicted molar refractivity (Wildman–Crippen MR) is 242 cm³/mol. The van der Waals surface area contributed by atoms with Gasteiger partial charge in [-0.25, -0.2) is 87.8 Å². The third kappa shape index (κ3) is 7.26. The molecule has 8 heterocycles. The van der Waals surface area contributed by atoms with E-state index in [2.05, 4.69) is 19.9 Å². The Morgan fingerprint density at radius 3 is 0.725 bits per heavy atom. The molecule has 80 heavy (non-hydrogen) atoms. The molecule has 3 fully saturated rings. The van der Waals surface area contributed by atoms with E-state index in [4.69, 9.17) is 0 Å². The maximum Gasteiger partial charge on any atom is 0.200 e. The summed E-state index contributed by atoms with van der Waals surface area (Å²) in [7, 11) is 4.21. The van der Waals surface area contributed by atoms with E-state index in [1.165, 1.54) is 35.8 Å². The van der Waals surface area contributed by atoms with Crippen molar-refractivity contribution in [1.29, 1.82) is 0 Å². The van der Waals surface area contributed by atoms with Gasteiger partial charge in [-0.05, 0) is 33.3 Å². The first-order chi connectivity index (χ1) is 37.8. The van der Waals surface area contributed by atoms with E-state index in [0.29, 0.717) is 0 Å². The van der Waals surface area contributed by atoms with Gasteiger partial charge in [-0.1, -0.05) is 0 Å². The lowest BCUT2D eigenvalue weighted by Crippen LogP contribution is -2.17. The van der Waals surface area contributed by atoms with Crippen molar-refractivity contribution in [3.05, 3.63) is 163 Å². The number of halogens is 20. The number of nitrogens with zero attached hydrogens (tertiary/aromatic N) is 5. The van der Waals surface area contributed by atoms with Crippen molar-refractivity contribution in [1.82, 2.24) is 34.6 Å². The molecule has 7 nitrogen and oxygen atoms in total. The molecule has 0 aliphatic carbocycles. The maximum atomic E-state index is 16.8. The molecule has 0 radical (unpaired) electrons. The maximum absolute atomic E-state index is 16.8. The van der Waals surface area contributed by atoms with Gasteiger partial charge in [-0.3, -0.25) is 9.97 Å². The SMILES string of the molecule is CN1C[C@@H]2c3nc(c(-c4c(F)c(F)c(F)c(F)c4F)c4[nH]c(c(-c5c(F)c(F)c(F)c(F)c5F)c5nc(c(-c6c(F)c(F)c(F)c(F)c6F)c6ccc([nH]6)c3-c3c(F)c(F)c(F)c(F)c3F)[C@@H]3CN(C)C[C@H]53)[C@H]3CN(C)C[C@@H]43)[C@@H]2C1. The van der Waals surface area contributed by atoms with Crippen molar-refractivity contribution in [2.45, 2.75) is 35.5 Å². The number of aromatic nitrogens is 4. The number of aromatic amines is 2. The predicted octanol–water partition coefficient (Wildman–Crippen LogP) is 12.9. The molecule has 8 bridgehead atoms. The first-order valence-corrected chi connectivity index (χ1v) is 24.0. The number of rotatable bonds is 4. The lowest BCUT2D eigenvalue weighted by molar-refractivity contribution is 0.380. The zero-order valence-electron chi connectivity index (χ0n) is 40.7. The van der Waals surface area contributed by atoms with Gasteiger partial charge in [0.25, 0.3) is 0 Å². The molecule has 3 saturated heterocycles. The van der Waals surface area contributed by atoms with Crippen molar-refractivity contribution in [3.8, 4) is 44.5 Å². The summed E-state index contributed by atoms with van der Waals surface area (Å²) >= 11 is 0. The second-order valence-corrected chi connectivity index (χ2v) is 20.6. The topological polar surface area (TPSA) is 67.1 Å². The summed E-state index contributed by atoms with van der Waals surface area (Å²) < 4.78 is 319. The van der Waals surface area contributed by atoms with Gasteiger partial charge in [0.1, 0.15) is 0 Å². The normalized spacial score (nSPS) is 21.5. The van der Waals surface area contributed by atoms with Crippen molar-refractivity contribution < 1.29 is 87.8 Å². The average molecular weight is 1150 g/mol. The Bertz CT molecular complexity index is 3640. The van der Waals surface area contributed by atoms with Crippen LogP contribution >= 0.6 is 0 Å². The second kappa shape index (κ2) is 18.4. The van der Waals surface area contributed by atoms with Crippen LogP contribution in [0.3, 0.4) is 0 Å². The summed E-state index contributed by atoms with van der Waals surface area (Å²) in [5.74, 6) is -60.1. The van der Waals surface area contributed by atoms with Gasteiger partial charge in [0.2, 0.25) is 23.3 Å². The fourth-order valence-corrected chi connectivity index (χ4v) is 12.7. The minimum absolute atomic E-state index is 0.332. The quantitative estimate of drug-likeness (QED) is 0.105. The Hall–Kier alpha value is -7.26. The first kappa shape index (κ1) is 53.4. The minimum atomic E-state index is -2.68. The highest BCUT2D eigenvalue weighted by Gasteiger charge is 2.51. The summed E-state index contributed by atoms with van der Waals surface area (Å²) in [5, 5.41) is 0.